The van der Waals surface area contributed by atoms with E-state index in [1.165, 1.54) is 11.3 Å². The lowest BCUT2D eigenvalue weighted by Crippen LogP contribution is -2.48. The molecule has 0 bridgehead atoms. The standard InChI is InChI=1S/C26H36N2O2/c1-3-13-26(4-2)20-25(15-19-30-26,24-11-7-8-16-28-24)14-17-27-22-12-18-29-23-10-6-5-9-21(22)23/h5-11,16,22,27H,3-4,12-15,17-20H2,1-2H3/t22-,25-,26?/m1/s1. The third kappa shape index (κ3) is 4.40. The molecule has 0 spiro atoms. The molecule has 4 heteroatoms. The quantitative estimate of drug-likeness (QED) is 0.619. The Morgan fingerprint density at radius 2 is 1.93 bits per heavy atom. The van der Waals surface area contributed by atoms with Crippen molar-refractivity contribution in [1.29, 1.82) is 0 Å². The topological polar surface area (TPSA) is 43.4 Å². The molecule has 4 nitrogen and oxygen atoms in total. The van der Waals surface area contributed by atoms with Crippen molar-refractivity contribution in [2.75, 3.05) is 19.8 Å². The molecule has 1 saturated heterocycles. The van der Waals surface area contributed by atoms with Crippen LogP contribution in [0, 0.1) is 0 Å². The highest BCUT2D eigenvalue weighted by atomic mass is 16.5. The zero-order valence-electron chi connectivity index (χ0n) is 18.5. The lowest BCUT2D eigenvalue weighted by Gasteiger charge is -2.48. The lowest BCUT2D eigenvalue weighted by atomic mass is 9.66. The van der Waals surface area contributed by atoms with E-state index in [-0.39, 0.29) is 11.0 Å². The zero-order chi connectivity index (χ0) is 20.9. The van der Waals surface area contributed by atoms with E-state index in [1.54, 1.807) is 0 Å². The number of nitrogens with one attached hydrogen (secondary N) is 1. The van der Waals surface area contributed by atoms with Crippen molar-refractivity contribution in [1.82, 2.24) is 10.3 Å². The fourth-order valence-corrected chi connectivity index (χ4v) is 5.52. The largest absolute Gasteiger partial charge is 0.493 e. The molecule has 1 unspecified atom stereocenters. The van der Waals surface area contributed by atoms with Crippen molar-refractivity contribution in [3.63, 3.8) is 0 Å². The van der Waals surface area contributed by atoms with Gasteiger partial charge in [-0.1, -0.05) is 44.5 Å². The number of pyridine rings is 1. The van der Waals surface area contributed by atoms with E-state index in [1.807, 2.05) is 12.3 Å². The van der Waals surface area contributed by atoms with Gasteiger partial charge in [0, 0.05) is 41.9 Å². The maximum Gasteiger partial charge on any atom is 0.124 e. The first-order valence-corrected chi connectivity index (χ1v) is 11.7. The second kappa shape index (κ2) is 9.49. The minimum absolute atomic E-state index is 0.0181. The average molecular weight is 409 g/mol. The van der Waals surface area contributed by atoms with E-state index in [4.69, 9.17) is 14.5 Å². The molecule has 3 atom stereocenters. The van der Waals surface area contributed by atoms with Crippen molar-refractivity contribution in [3.05, 3.63) is 59.9 Å². The summed E-state index contributed by atoms with van der Waals surface area (Å²) in [6.45, 7) is 7.12. The molecule has 30 heavy (non-hydrogen) atoms. The van der Waals surface area contributed by atoms with Gasteiger partial charge in [-0.2, -0.15) is 0 Å². The maximum atomic E-state index is 6.41. The number of hydrogen-bond acceptors (Lipinski definition) is 4. The van der Waals surface area contributed by atoms with E-state index in [0.717, 1.165) is 70.5 Å². The van der Waals surface area contributed by atoms with Gasteiger partial charge in [0.1, 0.15) is 5.75 Å². The summed E-state index contributed by atoms with van der Waals surface area (Å²) in [6, 6.07) is 15.2. The van der Waals surface area contributed by atoms with E-state index in [2.05, 4.69) is 55.6 Å². The molecule has 162 valence electrons. The van der Waals surface area contributed by atoms with E-state index in [0.29, 0.717) is 6.04 Å². The maximum absolute atomic E-state index is 6.41. The molecule has 2 aliphatic rings. The molecule has 4 rings (SSSR count). The first kappa shape index (κ1) is 21.3. The minimum Gasteiger partial charge on any atom is -0.493 e. The zero-order valence-corrected chi connectivity index (χ0v) is 18.5. The minimum atomic E-state index is -0.0181. The molecular formula is C26H36N2O2. The first-order valence-electron chi connectivity index (χ1n) is 11.7. The third-order valence-electron chi connectivity index (χ3n) is 7.16. The van der Waals surface area contributed by atoms with Crippen molar-refractivity contribution < 1.29 is 9.47 Å². The number of fused-ring (bicyclic) bond motifs is 1. The summed E-state index contributed by atoms with van der Waals surface area (Å²) in [5.41, 5.74) is 2.57. The monoisotopic (exact) mass is 408 g/mol. The molecule has 3 heterocycles. The Balaban J connectivity index is 1.52. The van der Waals surface area contributed by atoms with Crippen molar-refractivity contribution in [2.45, 2.75) is 75.9 Å². The number of nitrogens with zero attached hydrogens (tertiary/aromatic N) is 1. The molecule has 1 aromatic heterocycles. The first-order chi connectivity index (χ1) is 14.7. The van der Waals surface area contributed by atoms with Gasteiger partial charge >= 0.3 is 0 Å². The van der Waals surface area contributed by atoms with Crippen LogP contribution >= 0.6 is 0 Å². The fraction of sp³-hybridized carbons (Fsp3) is 0.577. The average Bonchev–Trinajstić information content (AvgIpc) is 2.80. The summed E-state index contributed by atoms with van der Waals surface area (Å²) in [5, 5.41) is 3.85. The number of hydrogen-bond donors (Lipinski definition) is 1. The predicted molar refractivity (Wildman–Crippen MR) is 121 cm³/mol. The number of ether oxygens (including phenoxy) is 2. The summed E-state index contributed by atoms with van der Waals surface area (Å²) in [7, 11) is 0. The Bertz CT molecular complexity index is 808. The Kier molecular flexibility index (Phi) is 6.74. The van der Waals surface area contributed by atoms with E-state index < -0.39 is 0 Å². The van der Waals surface area contributed by atoms with Crippen LogP contribution in [0.4, 0.5) is 0 Å². The Morgan fingerprint density at radius 3 is 2.73 bits per heavy atom. The normalized spacial score (nSPS) is 28.5. The van der Waals surface area contributed by atoms with Gasteiger partial charge in [0.2, 0.25) is 0 Å². The van der Waals surface area contributed by atoms with Gasteiger partial charge in [0.15, 0.2) is 0 Å². The van der Waals surface area contributed by atoms with Gasteiger partial charge in [-0.25, -0.2) is 0 Å². The summed E-state index contributed by atoms with van der Waals surface area (Å²) in [5.74, 6) is 1.03. The smallest absolute Gasteiger partial charge is 0.124 e. The summed E-state index contributed by atoms with van der Waals surface area (Å²) < 4.78 is 12.3. The molecule has 0 saturated carbocycles. The van der Waals surface area contributed by atoms with Crippen LogP contribution in [0.2, 0.25) is 0 Å². The number of rotatable bonds is 8. The van der Waals surface area contributed by atoms with E-state index >= 15 is 0 Å². The molecule has 1 fully saturated rings. The Morgan fingerprint density at radius 1 is 1.07 bits per heavy atom. The van der Waals surface area contributed by atoms with Gasteiger partial charge in [-0.3, -0.25) is 4.98 Å². The summed E-state index contributed by atoms with van der Waals surface area (Å²) in [4.78, 5) is 4.83. The number of para-hydroxylation sites is 1. The molecule has 0 amide bonds. The highest BCUT2D eigenvalue weighted by Gasteiger charge is 2.46. The molecule has 1 aromatic carbocycles. The van der Waals surface area contributed by atoms with Gasteiger partial charge in [-0.05, 0) is 56.8 Å². The van der Waals surface area contributed by atoms with Gasteiger partial charge in [0.25, 0.3) is 0 Å². The van der Waals surface area contributed by atoms with Crippen LogP contribution in [-0.4, -0.2) is 30.3 Å². The van der Waals surface area contributed by atoms with Gasteiger partial charge in [-0.15, -0.1) is 0 Å². The lowest BCUT2D eigenvalue weighted by molar-refractivity contribution is -0.116. The second-order valence-electron chi connectivity index (χ2n) is 8.99. The van der Waals surface area contributed by atoms with Crippen molar-refractivity contribution >= 4 is 0 Å². The molecule has 0 aliphatic carbocycles. The molecular weight excluding hydrogens is 372 g/mol. The summed E-state index contributed by atoms with van der Waals surface area (Å²) >= 11 is 0. The van der Waals surface area contributed by atoms with Crippen LogP contribution < -0.4 is 10.1 Å². The predicted octanol–water partition coefficient (Wildman–Crippen LogP) is 5.58. The second-order valence-corrected chi connectivity index (χ2v) is 8.99. The highest BCUT2D eigenvalue weighted by molar-refractivity contribution is 5.37. The van der Waals surface area contributed by atoms with Crippen LogP contribution in [0.1, 0.15) is 76.1 Å². The van der Waals surface area contributed by atoms with Crippen LogP contribution in [0.3, 0.4) is 0 Å². The van der Waals surface area contributed by atoms with Gasteiger partial charge < -0.3 is 14.8 Å². The SMILES string of the molecule is CCCC1(CC)C[C@](CCN[C@@H]2CCOc3ccccc32)(c2ccccn2)CCO1. The highest BCUT2D eigenvalue weighted by Crippen LogP contribution is 2.46. The van der Waals surface area contributed by atoms with Gasteiger partial charge in [0.05, 0.1) is 12.2 Å². The number of benzene rings is 1. The Labute approximate surface area is 181 Å². The van der Waals surface area contributed by atoms with Crippen molar-refractivity contribution in [3.8, 4) is 5.75 Å². The third-order valence-corrected chi connectivity index (χ3v) is 7.16. The van der Waals surface area contributed by atoms with Crippen LogP contribution in [0.5, 0.6) is 5.75 Å². The molecule has 2 aromatic rings. The molecule has 2 aliphatic heterocycles. The fourth-order valence-electron chi connectivity index (χ4n) is 5.52. The Hall–Kier alpha value is -1.91. The molecule has 0 radical (unpaired) electrons. The van der Waals surface area contributed by atoms with Crippen LogP contribution in [0.25, 0.3) is 0 Å². The van der Waals surface area contributed by atoms with Crippen LogP contribution in [0.15, 0.2) is 48.7 Å². The molecule has 1 N–H and O–H groups in total. The van der Waals surface area contributed by atoms with Crippen molar-refractivity contribution in [2.24, 2.45) is 0 Å². The summed E-state index contributed by atoms with van der Waals surface area (Å²) in [6.07, 6.45) is 9.50. The number of aromatic nitrogens is 1. The van der Waals surface area contributed by atoms with E-state index in [9.17, 15) is 0 Å². The van der Waals surface area contributed by atoms with Crippen LogP contribution in [-0.2, 0) is 10.2 Å².